The summed E-state index contributed by atoms with van der Waals surface area (Å²) in [6.07, 6.45) is 5.31. The summed E-state index contributed by atoms with van der Waals surface area (Å²) in [6, 6.07) is 12.5. The molecule has 0 saturated carbocycles. The van der Waals surface area contributed by atoms with Crippen LogP contribution in [0.25, 0.3) is 0 Å². The number of ether oxygens (including phenoxy) is 1. The maximum absolute atomic E-state index is 12.2. The predicted molar refractivity (Wildman–Crippen MR) is 86.5 cm³/mol. The van der Waals surface area contributed by atoms with Crippen LogP contribution in [-0.4, -0.2) is 27.8 Å². The number of anilines is 1. The van der Waals surface area contributed by atoms with Gasteiger partial charge in [-0.25, -0.2) is 0 Å². The molecule has 0 spiro atoms. The van der Waals surface area contributed by atoms with Gasteiger partial charge in [0, 0.05) is 30.2 Å². The Morgan fingerprint density at radius 1 is 1.13 bits per heavy atom. The van der Waals surface area contributed by atoms with E-state index in [4.69, 9.17) is 4.74 Å². The second-order valence-corrected chi connectivity index (χ2v) is 4.94. The molecule has 1 amide bonds. The van der Waals surface area contributed by atoms with Gasteiger partial charge >= 0.3 is 0 Å². The van der Waals surface area contributed by atoms with Crippen molar-refractivity contribution in [3.8, 4) is 5.75 Å². The summed E-state index contributed by atoms with van der Waals surface area (Å²) >= 11 is 0. The number of nitrogens with one attached hydrogen (secondary N) is 1. The van der Waals surface area contributed by atoms with Crippen molar-refractivity contribution in [2.45, 2.75) is 6.54 Å². The fourth-order valence-electron chi connectivity index (χ4n) is 2.12. The number of carbonyl (C=O) groups is 1. The molecule has 0 atom stereocenters. The van der Waals surface area contributed by atoms with Crippen molar-refractivity contribution in [3.63, 3.8) is 0 Å². The van der Waals surface area contributed by atoms with Gasteiger partial charge in [-0.15, -0.1) is 0 Å². The fraction of sp³-hybridized carbons (Fsp3) is 0.118. The van der Waals surface area contributed by atoms with Crippen LogP contribution in [0.2, 0.25) is 0 Å². The molecule has 6 nitrogen and oxygen atoms in total. The number of amides is 1. The van der Waals surface area contributed by atoms with Crippen molar-refractivity contribution < 1.29 is 9.53 Å². The molecule has 3 aromatic rings. The summed E-state index contributed by atoms with van der Waals surface area (Å²) < 4.78 is 6.84. The Bertz CT molecular complexity index is 782. The van der Waals surface area contributed by atoms with Crippen molar-refractivity contribution in [3.05, 3.63) is 72.2 Å². The van der Waals surface area contributed by atoms with E-state index in [9.17, 15) is 4.79 Å². The SMILES string of the molecule is COc1ccc(C(=O)Nc2ccn(Cc3ccncc3)n2)cc1. The van der Waals surface area contributed by atoms with E-state index in [0.29, 0.717) is 23.7 Å². The summed E-state index contributed by atoms with van der Waals surface area (Å²) in [5.74, 6) is 1.02. The monoisotopic (exact) mass is 308 g/mol. The van der Waals surface area contributed by atoms with Gasteiger partial charge in [0.25, 0.3) is 5.91 Å². The number of rotatable bonds is 5. The third-order valence-corrected chi connectivity index (χ3v) is 3.33. The normalized spacial score (nSPS) is 10.3. The van der Waals surface area contributed by atoms with Crippen molar-refractivity contribution in [1.29, 1.82) is 0 Å². The Kier molecular flexibility index (Phi) is 4.33. The van der Waals surface area contributed by atoms with Crippen LogP contribution in [0.4, 0.5) is 5.82 Å². The zero-order valence-electron chi connectivity index (χ0n) is 12.6. The molecule has 0 saturated heterocycles. The van der Waals surface area contributed by atoms with Gasteiger partial charge in [-0.3, -0.25) is 14.5 Å². The number of benzene rings is 1. The topological polar surface area (TPSA) is 69.0 Å². The first kappa shape index (κ1) is 14.8. The third kappa shape index (κ3) is 3.74. The Morgan fingerprint density at radius 2 is 1.87 bits per heavy atom. The van der Waals surface area contributed by atoms with E-state index in [1.54, 1.807) is 54.5 Å². The predicted octanol–water partition coefficient (Wildman–Crippen LogP) is 2.59. The molecule has 116 valence electrons. The van der Waals surface area contributed by atoms with E-state index in [1.165, 1.54) is 0 Å². The average molecular weight is 308 g/mol. The van der Waals surface area contributed by atoms with Gasteiger partial charge in [-0.05, 0) is 42.0 Å². The first-order valence-corrected chi connectivity index (χ1v) is 7.12. The molecule has 23 heavy (non-hydrogen) atoms. The largest absolute Gasteiger partial charge is 0.497 e. The van der Waals surface area contributed by atoms with E-state index in [1.807, 2.05) is 18.3 Å². The van der Waals surface area contributed by atoms with Crippen LogP contribution < -0.4 is 10.1 Å². The first-order chi connectivity index (χ1) is 11.2. The van der Waals surface area contributed by atoms with Gasteiger partial charge < -0.3 is 10.1 Å². The molecular formula is C17H16N4O2. The Hall–Kier alpha value is -3.15. The molecule has 0 bridgehead atoms. The third-order valence-electron chi connectivity index (χ3n) is 3.33. The molecular weight excluding hydrogens is 292 g/mol. The second-order valence-electron chi connectivity index (χ2n) is 4.94. The van der Waals surface area contributed by atoms with Crippen LogP contribution in [0.3, 0.4) is 0 Å². The van der Waals surface area contributed by atoms with Crippen LogP contribution in [0.5, 0.6) is 5.75 Å². The van der Waals surface area contributed by atoms with Gasteiger partial charge in [0.05, 0.1) is 13.7 Å². The van der Waals surface area contributed by atoms with E-state index >= 15 is 0 Å². The smallest absolute Gasteiger partial charge is 0.256 e. The van der Waals surface area contributed by atoms with Gasteiger partial charge in [0.1, 0.15) is 5.75 Å². The molecule has 3 rings (SSSR count). The molecule has 1 N–H and O–H groups in total. The summed E-state index contributed by atoms with van der Waals surface area (Å²) in [5.41, 5.74) is 1.64. The standard InChI is InChI=1S/C17H16N4O2/c1-23-15-4-2-14(3-5-15)17(22)19-16-8-11-21(20-16)12-13-6-9-18-10-7-13/h2-11H,12H2,1H3,(H,19,20,22). The molecule has 2 heterocycles. The highest BCUT2D eigenvalue weighted by atomic mass is 16.5. The van der Waals surface area contributed by atoms with Gasteiger partial charge in [0.15, 0.2) is 5.82 Å². The molecule has 0 aliphatic carbocycles. The van der Waals surface area contributed by atoms with E-state index in [2.05, 4.69) is 15.4 Å². The molecule has 0 radical (unpaired) electrons. The number of methoxy groups -OCH3 is 1. The zero-order chi connectivity index (χ0) is 16.1. The molecule has 0 unspecified atom stereocenters. The highest BCUT2D eigenvalue weighted by Gasteiger charge is 2.08. The molecule has 0 aliphatic rings. The molecule has 1 aromatic carbocycles. The van der Waals surface area contributed by atoms with Crippen LogP contribution in [0.1, 0.15) is 15.9 Å². The first-order valence-electron chi connectivity index (χ1n) is 7.12. The van der Waals surface area contributed by atoms with Crippen LogP contribution in [0, 0.1) is 0 Å². The highest BCUT2D eigenvalue weighted by Crippen LogP contribution is 2.13. The lowest BCUT2D eigenvalue weighted by molar-refractivity contribution is 0.102. The van der Waals surface area contributed by atoms with Crippen molar-refractivity contribution >= 4 is 11.7 Å². The quantitative estimate of drug-likeness (QED) is 0.786. The maximum Gasteiger partial charge on any atom is 0.256 e. The van der Waals surface area contributed by atoms with E-state index in [-0.39, 0.29) is 5.91 Å². The Balaban J connectivity index is 1.65. The summed E-state index contributed by atoms with van der Waals surface area (Å²) in [6.45, 7) is 0.626. The van der Waals surface area contributed by atoms with Crippen molar-refractivity contribution in [2.24, 2.45) is 0 Å². The molecule has 0 fully saturated rings. The lowest BCUT2D eigenvalue weighted by Crippen LogP contribution is -2.12. The lowest BCUT2D eigenvalue weighted by atomic mass is 10.2. The summed E-state index contributed by atoms with van der Waals surface area (Å²) in [5, 5.41) is 7.12. The van der Waals surface area contributed by atoms with Crippen LogP contribution in [0.15, 0.2) is 61.1 Å². The molecule has 2 aromatic heterocycles. The van der Waals surface area contributed by atoms with Gasteiger partial charge in [-0.1, -0.05) is 0 Å². The fourth-order valence-corrected chi connectivity index (χ4v) is 2.12. The number of hydrogen-bond donors (Lipinski definition) is 1. The van der Waals surface area contributed by atoms with Crippen LogP contribution >= 0.6 is 0 Å². The Morgan fingerprint density at radius 3 is 2.57 bits per heavy atom. The molecule has 6 heteroatoms. The average Bonchev–Trinajstić information content (AvgIpc) is 3.02. The minimum Gasteiger partial charge on any atom is -0.497 e. The van der Waals surface area contributed by atoms with Crippen molar-refractivity contribution in [2.75, 3.05) is 12.4 Å². The highest BCUT2D eigenvalue weighted by molar-refractivity contribution is 6.03. The minimum absolute atomic E-state index is 0.207. The Labute approximate surface area is 133 Å². The summed E-state index contributed by atoms with van der Waals surface area (Å²) in [4.78, 5) is 16.2. The van der Waals surface area contributed by atoms with E-state index < -0.39 is 0 Å². The second kappa shape index (κ2) is 6.74. The molecule has 0 aliphatic heterocycles. The number of carbonyl (C=O) groups excluding carboxylic acids is 1. The number of aromatic nitrogens is 3. The van der Waals surface area contributed by atoms with Crippen molar-refractivity contribution in [1.82, 2.24) is 14.8 Å². The summed E-state index contributed by atoms with van der Waals surface area (Å²) in [7, 11) is 1.59. The lowest BCUT2D eigenvalue weighted by Gasteiger charge is -2.04. The van der Waals surface area contributed by atoms with Crippen LogP contribution in [-0.2, 0) is 6.54 Å². The van der Waals surface area contributed by atoms with Gasteiger partial charge in [0.2, 0.25) is 0 Å². The maximum atomic E-state index is 12.2. The number of nitrogens with zero attached hydrogens (tertiary/aromatic N) is 3. The zero-order valence-corrected chi connectivity index (χ0v) is 12.6. The number of hydrogen-bond acceptors (Lipinski definition) is 4. The minimum atomic E-state index is -0.207. The number of pyridine rings is 1. The van der Waals surface area contributed by atoms with E-state index in [0.717, 1.165) is 5.56 Å². The van der Waals surface area contributed by atoms with Gasteiger partial charge in [-0.2, -0.15) is 5.10 Å².